The summed E-state index contributed by atoms with van der Waals surface area (Å²) in [5.41, 5.74) is 0. The average molecular weight is 647 g/mol. The molecule has 8 heteroatoms. The van der Waals surface area contributed by atoms with Crippen molar-refractivity contribution in [1.29, 1.82) is 0 Å². The molecule has 0 aromatic heterocycles. The van der Waals surface area contributed by atoms with Crippen LogP contribution in [0.4, 0.5) is 0 Å². The zero-order chi connectivity index (χ0) is 32.6. The van der Waals surface area contributed by atoms with E-state index in [1.165, 1.54) is 128 Å². The van der Waals surface area contributed by atoms with E-state index in [4.69, 9.17) is 13.7 Å². The summed E-state index contributed by atoms with van der Waals surface area (Å²) in [6.07, 6.45) is 32.6. The third kappa shape index (κ3) is 33.7. The van der Waals surface area contributed by atoms with Gasteiger partial charge in [-0.2, -0.15) is 8.42 Å². The van der Waals surface area contributed by atoms with Crippen LogP contribution in [0.5, 0.6) is 0 Å². The van der Waals surface area contributed by atoms with Crippen LogP contribution in [0.15, 0.2) is 0 Å². The van der Waals surface area contributed by atoms with Crippen molar-refractivity contribution in [3.8, 4) is 0 Å². The van der Waals surface area contributed by atoms with E-state index in [1.807, 2.05) is 0 Å². The molecule has 7 nitrogen and oxygen atoms in total. The minimum atomic E-state index is -3.70. The second kappa shape index (κ2) is 31.8. The Bertz CT molecular complexity index is 754. The SMILES string of the molecule is CCCCCCCCCCCCCCCC(=O)OC[C@H](COS(C)(=O)=O)OC(=O)CCCCCCCCCCCCCCC. The Labute approximate surface area is 272 Å². The fourth-order valence-electron chi connectivity index (χ4n) is 5.39. The van der Waals surface area contributed by atoms with E-state index in [-0.39, 0.29) is 25.6 Å². The molecule has 262 valence electrons. The Morgan fingerprint density at radius 2 is 0.795 bits per heavy atom. The monoisotopic (exact) mass is 646 g/mol. The lowest BCUT2D eigenvalue weighted by molar-refractivity contribution is -0.161. The van der Waals surface area contributed by atoms with Gasteiger partial charge in [-0.15, -0.1) is 0 Å². The molecular formula is C36H70O7S. The van der Waals surface area contributed by atoms with Crippen molar-refractivity contribution in [2.75, 3.05) is 19.5 Å². The third-order valence-electron chi connectivity index (χ3n) is 8.17. The van der Waals surface area contributed by atoms with Gasteiger partial charge < -0.3 is 9.47 Å². The van der Waals surface area contributed by atoms with Crippen molar-refractivity contribution in [1.82, 2.24) is 0 Å². The Kier molecular flexibility index (Phi) is 31.0. The van der Waals surface area contributed by atoms with Crippen LogP contribution < -0.4 is 0 Å². The number of hydrogen-bond donors (Lipinski definition) is 0. The highest BCUT2D eigenvalue weighted by Crippen LogP contribution is 2.15. The van der Waals surface area contributed by atoms with Gasteiger partial charge in [-0.25, -0.2) is 0 Å². The minimum absolute atomic E-state index is 0.197. The molecule has 0 saturated carbocycles. The highest BCUT2D eigenvalue weighted by atomic mass is 32.2. The number of esters is 2. The summed E-state index contributed by atoms with van der Waals surface area (Å²) in [4.78, 5) is 24.6. The first-order chi connectivity index (χ1) is 21.3. The zero-order valence-corrected chi connectivity index (χ0v) is 29.9. The second-order valence-corrected chi connectivity index (χ2v) is 14.4. The second-order valence-electron chi connectivity index (χ2n) is 12.8. The first-order valence-electron chi connectivity index (χ1n) is 18.5. The predicted molar refractivity (Wildman–Crippen MR) is 182 cm³/mol. The zero-order valence-electron chi connectivity index (χ0n) is 29.1. The molecule has 0 aromatic carbocycles. The summed E-state index contributed by atoms with van der Waals surface area (Å²) in [7, 11) is -3.70. The van der Waals surface area contributed by atoms with Crippen LogP contribution in [0.25, 0.3) is 0 Å². The Morgan fingerprint density at radius 3 is 1.14 bits per heavy atom. The standard InChI is InChI=1S/C36H70O7S/c1-4-6-8-10-12-14-16-18-20-22-24-26-28-30-35(37)41-32-34(33-42-44(3,39)40)43-36(38)31-29-27-25-23-21-19-17-15-13-11-9-7-5-2/h34H,4-33H2,1-3H3/t34-/m1/s1. The van der Waals surface area contributed by atoms with Crippen molar-refractivity contribution >= 4 is 22.1 Å². The van der Waals surface area contributed by atoms with Gasteiger partial charge in [0.25, 0.3) is 10.1 Å². The molecule has 0 heterocycles. The van der Waals surface area contributed by atoms with E-state index >= 15 is 0 Å². The molecule has 1 atom stereocenters. The van der Waals surface area contributed by atoms with Crippen LogP contribution in [0, 0.1) is 0 Å². The molecule has 0 bridgehead atoms. The number of hydrogen-bond acceptors (Lipinski definition) is 7. The summed E-state index contributed by atoms with van der Waals surface area (Å²) < 4.78 is 38.5. The van der Waals surface area contributed by atoms with Gasteiger partial charge in [0.1, 0.15) is 13.2 Å². The number of unbranched alkanes of at least 4 members (excludes halogenated alkanes) is 24. The number of ether oxygens (including phenoxy) is 2. The van der Waals surface area contributed by atoms with Crippen molar-refractivity contribution in [3.63, 3.8) is 0 Å². The molecule has 0 fully saturated rings. The van der Waals surface area contributed by atoms with E-state index in [9.17, 15) is 18.0 Å². The predicted octanol–water partition coefficient (Wildman–Crippen LogP) is 10.4. The van der Waals surface area contributed by atoms with Crippen LogP contribution in [0.1, 0.15) is 194 Å². The lowest BCUT2D eigenvalue weighted by Crippen LogP contribution is -2.30. The summed E-state index contributed by atoms with van der Waals surface area (Å²) in [5, 5.41) is 0. The Morgan fingerprint density at radius 1 is 0.477 bits per heavy atom. The minimum Gasteiger partial charge on any atom is -0.462 e. The van der Waals surface area contributed by atoms with Crippen LogP contribution >= 0.6 is 0 Å². The van der Waals surface area contributed by atoms with Crippen LogP contribution in [-0.4, -0.2) is 45.9 Å². The quantitative estimate of drug-likeness (QED) is 0.0390. The molecule has 0 rings (SSSR count). The van der Waals surface area contributed by atoms with Crippen LogP contribution in [0.3, 0.4) is 0 Å². The van der Waals surface area contributed by atoms with E-state index in [0.29, 0.717) is 6.42 Å². The maximum Gasteiger partial charge on any atom is 0.306 e. The van der Waals surface area contributed by atoms with Crippen LogP contribution in [-0.2, 0) is 33.4 Å². The van der Waals surface area contributed by atoms with Gasteiger partial charge in [0.2, 0.25) is 0 Å². The molecule has 0 saturated heterocycles. The Hall–Kier alpha value is -1.15. The fourth-order valence-corrected chi connectivity index (χ4v) is 5.79. The van der Waals surface area contributed by atoms with E-state index in [0.717, 1.165) is 44.8 Å². The summed E-state index contributed by atoms with van der Waals surface area (Å²) in [5.74, 6) is -0.771. The molecule has 0 spiro atoms. The van der Waals surface area contributed by atoms with Crippen LogP contribution in [0.2, 0.25) is 0 Å². The third-order valence-corrected chi connectivity index (χ3v) is 8.73. The van der Waals surface area contributed by atoms with Crippen molar-refractivity contribution in [3.05, 3.63) is 0 Å². The van der Waals surface area contributed by atoms with E-state index in [1.54, 1.807) is 0 Å². The summed E-state index contributed by atoms with van der Waals surface area (Å²) in [6, 6.07) is 0. The van der Waals surface area contributed by atoms with Crippen molar-refractivity contribution in [2.45, 2.75) is 200 Å². The fraction of sp³-hybridized carbons (Fsp3) is 0.944. The lowest BCUT2D eigenvalue weighted by atomic mass is 10.0. The summed E-state index contributed by atoms with van der Waals surface area (Å²) >= 11 is 0. The van der Waals surface area contributed by atoms with Crippen molar-refractivity contribution < 1.29 is 31.7 Å². The topological polar surface area (TPSA) is 96.0 Å². The molecule has 0 N–H and O–H groups in total. The highest BCUT2D eigenvalue weighted by molar-refractivity contribution is 7.85. The van der Waals surface area contributed by atoms with E-state index < -0.39 is 22.2 Å². The van der Waals surface area contributed by atoms with Crippen molar-refractivity contribution in [2.24, 2.45) is 0 Å². The Balaban J connectivity index is 3.95. The van der Waals surface area contributed by atoms with Gasteiger partial charge in [0, 0.05) is 12.8 Å². The highest BCUT2D eigenvalue weighted by Gasteiger charge is 2.19. The molecule has 44 heavy (non-hydrogen) atoms. The molecule has 0 unspecified atom stereocenters. The van der Waals surface area contributed by atoms with Gasteiger partial charge in [-0.3, -0.25) is 13.8 Å². The first kappa shape index (κ1) is 42.9. The van der Waals surface area contributed by atoms with E-state index in [2.05, 4.69) is 13.8 Å². The molecule has 0 aliphatic carbocycles. The first-order valence-corrected chi connectivity index (χ1v) is 20.3. The smallest absolute Gasteiger partial charge is 0.306 e. The molecule has 0 aromatic rings. The summed E-state index contributed by atoms with van der Waals surface area (Å²) in [6.45, 7) is 3.95. The van der Waals surface area contributed by atoms with Gasteiger partial charge in [0.05, 0.1) is 6.26 Å². The van der Waals surface area contributed by atoms with Gasteiger partial charge >= 0.3 is 11.9 Å². The lowest BCUT2D eigenvalue weighted by Gasteiger charge is -2.17. The molecule has 0 amide bonds. The largest absolute Gasteiger partial charge is 0.462 e. The van der Waals surface area contributed by atoms with Gasteiger partial charge in [-0.05, 0) is 12.8 Å². The van der Waals surface area contributed by atoms with Gasteiger partial charge in [0.15, 0.2) is 6.10 Å². The molecule has 0 aliphatic heterocycles. The number of carbonyl (C=O) groups excluding carboxylic acids is 2. The maximum absolute atomic E-state index is 12.4. The molecular weight excluding hydrogens is 576 g/mol. The number of carbonyl (C=O) groups is 2. The normalized spacial score (nSPS) is 12.3. The van der Waals surface area contributed by atoms with Gasteiger partial charge in [-0.1, -0.05) is 168 Å². The average Bonchev–Trinajstić information content (AvgIpc) is 2.98. The number of rotatable bonds is 34. The molecule has 0 radical (unpaired) electrons. The maximum atomic E-state index is 12.4. The molecule has 0 aliphatic rings.